The second-order valence-electron chi connectivity index (χ2n) is 6.04. The third kappa shape index (κ3) is 5.46. The fourth-order valence-electron chi connectivity index (χ4n) is 3.02. The van der Waals surface area contributed by atoms with E-state index < -0.39 is 0 Å². The third-order valence-electron chi connectivity index (χ3n) is 4.47. The largest absolute Gasteiger partial charge is 0.378 e. The number of nitrogens with zero attached hydrogens (tertiary/aromatic N) is 2. The monoisotopic (exact) mass is 347 g/mol. The zero-order valence-corrected chi connectivity index (χ0v) is 15.3. The quantitative estimate of drug-likeness (QED) is 0.730. The smallest absolute Gasteiger partial charge is 0.253 e. The molecule has 0 bridgehead atoms. The van der Waals surface area contributed by atoms with Crippen LogP contribution in [-0.2, 0) is 9.53 Å². The predicted molar refractivity (Wildman–Crippen MR) is 99.0 cm³/mol. The summed E-state index contributed by atoms with van der Waals surface area (Å²) in [6, 6.07) is 7.65. The molecule has 1 heterocycles. The Morgan fingerprint density at radius 2 is 1.84 bits per heavy atom. The summed E-state index contributed by atoms with van der Waals surface area (Å²) >= 11 is 0. The SMILES string of the molecule is CCN(CC)C(=O)CCCNC(=O)c1ccccc1N1CCOCC1. The molecule has 0 radical (unpaired) electrons. The van der Waals surface area contributed by atoms with E-state index in [4.69, 9.17) is 4.74 Å². The Labute approximate surface area is 150 Å². The number of para-hydroxylation sites is 1. The molecule has 1 aromatic carbocycles. The maximum absolute atomic E-state index is 12.5. The first kappa shape index (κ1) is 19.2. The summed E-state index contributed by atoms with van der Waals surface area (Å²) in [7, 11) is 0. The molecule has 0 unspecified atom stereocenters. The van der Waals surface area contributed by atoms with E-state index in [0.717, 1.165) is 31.9 Å². The average Bonchev–Trinajstić information content (AvgIpc) is 2.66. The summed E-state index contributed by atoms with van der Waals surface area (Å²) in [5.74, 6) is 0.0605. The summed E-state index contributed by atoms with van der Waals surface area (Å²) in [4.78, 5) is 28.5. The van der Waals surface area contributed by atoms with E-state index in [1.165, 1.54) is 0 Å². The van der Waals surface area contributed by atoms with Gasteiger partial charge in [0.05, 0.1) is 18.8 Å². The molecule has 0 aromatic heterocycles. The van der Waals surface area contributed by atoms with Crippen LogP contribution in [0.1, 0.15) is 37.0 Å². The predicted octanol–water partition coefficient (Wildman–Crippen LogP) is 1.90. The summed E-state index contributed by atoms with van der Waals surface area (Å²) in [6.07, 6.45) is 1.12. The first-order chi connectivity index (χ1) is 12.2. The number of hydrogen-bond donors (Lipinski definition) is 1. The molecule has 1 N–H and O–H groups in total. The number of carbonyl (C=O) groups is 2. The number of benzene rings is 1. The highest BCUT2D eigenvalue weighted by atomic mass is 16.5. The van der Waals surface area contributed by atoms with Gasteiger partial charge in [-0.3, -0.25) is 9.59 Å². The van der Waals surface area contributed by atoms with Crippen LogP contribution in [0.3, 0.4) is 0 Å². The molecular formula is C19H29N3O3. The van der Waals surface area contributed by atoms with E-state index in [1.54, 1.807) is 0 Å². The molecule has 2 rings (SSSR count). The van der Waals surface area contributed by atoms with Crippen LogP contribution in [0.4, 0.5) is 5.69 Å². The number of anilines is 1. The standard InChI is InChI=1S/C19H29N3O3/c1-3-21(4-2)18(23)10-7-11-20-19(24)16-8-5-6-9-17(16)22-12-14-25-15-13-22/h5-6,8-9H,3-4,7,10-15H2,1-2H3,(H,20,24). The minimum atomic E-state index is -0.0858. The van der Waals surface area contributed by atoms with Gasteiger partial charge >= 0.3 is 0 Å². The fraction of sp³-hybridized carbons (Fsp3) is 0.579. The average molecular weight is 347 g/mol. The molecule has 0 saturated carbocycles. The third-order valence-corrected chi connectivity index (χ3v) is 4.47. The number of morpholine rings is 1. The van der Waals surface area contributed by atoms with E-state index >= 15 is 0 Å². The van der Waals surface area contributed by atoms with Crippen LogP contribution >= 0.6 is 0 Å². The van der Waals surface area contributed by atoms with Gasteiger partial charge in [0.25, 0.3) is 5.91 Å². The van der Waals surface area contributed by atoms with Gasteiger partial charge in [-0.05, 0) is 32.4 Å². The second-order valence-corrected chi connectivity index (χ2v) is 6.04. The summed E-state index contributed by atoms with van der Waals surface area (Å²) in [5.41, 5.74) is 1.63. The maximum Gasteiger partial charge on any atom is 0.253 e. The molecule has 6 nitrogen and oxygen atoms in total. The lowest BCUT2D eigenvalue weighted by atomic mass is 10.1. The summed E-state index contributed by atoms with van der Waals surface area (Å²) in [5, 5.41) is 2.94. The molecule has 1 aliphatic rings. The van der Waals surface area contributed by atoms with Crippen molar-refractivity contribution in [1.82, 2.24) is 10.2 Å². The van der Waals surface area contributed by atoms with E-state index in [9.17, 15) is 9.59 Å². The van der Waals surface area contributed by atoms with E-state index in [-0.39, 0.29) is 11.8 Å². The maximum atomic E-state index is 12.5. The van der Waals surface area contributed by atoms with Gasteiger partial charge in [0.2, 0.25) is 5.91 Å². The first-order valence-corrected chi connectivity index (χ1v) is 9.15. The van der Waals surface area contributed by atoms with Crippen molar-refractivity contribution in [3.63, 3.8) is 0 Å². The van der Waals surface area contributed by atoms with Crippen LogP contribution in [0.5, 0.6) is 0 Å². The van der Waals surface area contributed by atoms with Gasteiger partial charge < -0.3 is 19.9 Å². The Morgan fingerprint density at radius 3 is 2.52 bits per heavy atom. The van der Waals surface area contributed by atoms with Crippen molar-refractivity contribution in [1.29, 1.82) is 0 Å². The zero-order chi connectivity index (χ0) is 18.1. The highest BCUT2D eigenvalue weighted by Gasteiger charge is 2.18. The lowest BCUT2D eigenvalue weighted by Gasteiger charge is -2.30. The highest BCUT2D eigenvalue weighted by molar-refractivity contribution is 5.99. The summed E-state index contributed by atoms with van der Waals surface area (Å²) < 4.78 is 5.38. The molecule has 1 fully saturated rings. The Hall–Kier alpha value is -2.08. The minimum Gasteiger partial charge on any atom is -0.378 e. The number of carbonyl (C=O) groups excluding carboxylic acids is 2. The Kier molecular flexibility index (Phi) is 7.73. The van der Waals surface area contributed by atoms with Gasteiger partial charge in [-0.25, -0.2) is 0 Å². The van der Waals surface area contributed by atoms with Crippen LogP contribution in [0.15, 0.2) is 24.3 Å². The molecule has 1 aliphatic heterocycles. The van der Waals surface area contributed by atoms with E-state index in [1.807, 2.05) is 43.0 Å². The number of rotatable bonds is 8. The molecule has 1 saturated heterocycles. The van der Waals surface area contributed by atoms with Crippen LogP contribution in [0, 0.1) is 0 Å². The molecule has 138 valence electrons. The van der Waals surface area contributed by atoms with Crippen molar-refractivity contribution >= 4 is 17.5 Å². The van der Waals surface area contributed by atoms with Crippen molar-refractivity contribution in [2.45, 2.75) is 26.7 Å². The molecule has 0 spiro atoms. The van der Waals surface area contributed by atoms with Gasteiger partial charge in [0.1, 0.15) is 0 Å². The van der Waals surface area contributed by atoms with Gasteiger partial charge in [0.15, 0.2) is 0 Å². The Bertz CT molecular complexity index is 567. The minimum absolute atomic E-state index is 0.0858. The number of nitrogens with one attached hydrogen (secondary N) is 1. The Balaban J connectivity index is 1.86. The number of ether oxygens (including phenoxy) is 1. The molecule has 2 amide bonds. The van der Waals surface area contributed by atoms with Gasteiger partial charge in [-0.15, -0.1) is 0 Å². The second kappa shape index (κ2) is 10.0. The molecule has 1 aromatic rings. The molecule has 25 heavy (non-hydrogen) atoms. The normalized spacial score (nSPS) is 14.2. The molecule has 0 atom stereocenters. The lowest BCUT2D eigenvalue weighted by molar-refractivity contribution is -0.130. The van der Waals surface area contributed by atoms with E-state index in [0.29, 0.717) is 38.2 Å². The van der Waals surface area contributed by atoms with Crippen molar-refractivity contribution in [2.75, 3.05) is 50.8 Å². The molecule has 0 aliphatic carbocycles. The van der Waals surface area contributed by atoms with Crippen LogP contribution in [-0.4, -0.2) is 62.7 Å². The lowest BCUT2D eigenvalue weighted by Crippen LogP contribution is -2.38. The summed E-state index contributed by atoms with van der Waals surface area (Å²) in [6.45, 7) is 8.88. The zero-order valence-electron chi connectivity index (χ0n) is 15.3. The number of hydrogen-bond acceptors (Lipinski definition) is 4. The molecular weight excluding hydrogens is 318 g/mol. The first-order valence-electron chi connectivity index (χ1n) is 9.15. The van der Waals surface area contributed by atoms with Gasteiger partial charge in [-0.2, -0.15) is 0 Å². The number of amides is 2. The Morgan fingerprint density at radius 1 is 1.16 bits per heavy atom. The van der Waals surface area contributed by atoms with Crippen molar-refractivity contribution in [3.05, 3.63) is 29.8 Å². The van der Waals surface area contributed by atoms with Crippen LogP contribution in [0.2, 0.25) is 0 Å². The van der Waals surface area contributed by atoms with Crippen LogP contribution < -0.4 is 10.2 Å². The van der Waals surface area contributed by atoms with Gasteiger partial charge in [-0.1, -0.05) is 12.1 Å². The van der Waals surface area contributed by atoms with Crippen molar-refractivity contribution in [2.24, 2.45) is 0 Å². The van der Waals surface area contributed by atoms with Crippen molar-refractivity contribution < 1.29 is 14.3 Å². The molecule has 6 heteroatoms. The topological polar surface area (TPSA) is 61.9 Å². The van der Waals surface area contributed by atoms with Crippen LogP contribution in [0.25, 0.3) is 0 Å². The van der Waals surface area contributed by atoms with Crippen molar-refractivity contribution in [3.8, 4) is 0 Å². The highest BCUT2D eigenvalue weighted by Crippen LogP contribution is 2.21. The fourth-order valence-corrected chi connectivity index (χ4v) is 3.02. The van der Waals surface area contributed by atoms with E-state index in [2.05, 4.69) is 10.2 Å². The van der Waals surface area contributed by atoms with Gasteiger partial charge in [0, 0.05) is 44.8 Å².